The van der Waals surface area contributed by atoms with Crippen LogP contribution in [0.4, 0.5) is 5.69 Å². The van der Waals surface area contributed by atoms with E-state index < -0.39 is 0 Å². The molecule has 0 aliphatic carbocycles. The fourth-order valence-corrected chi connectivity index (χ4v) is 3.58. The van der Waals surface area contributed by atoms with Gasteiger partial charge in [0.15, 0.2) is 5.65 Å². The second-order valence-corrected chi connectivity index (χ2v) is 7.35. The molecule has 2 aromatic carbocycles. The fourth-order valence-electron chi connectivity index (χ4n) is 3.45. The number of aryl methyl sites for hydroxylation is 1. The van der Waals surface area contributed by atoms with Crippen LogP contribution in [0.15, 0.2) is 54.7 Å². The van der Waals surface area contributed by atoms with E-state index in [4.69, 9.17) is 21.1 Å². The number of nitrogens with zero attached hydrogens (tertiary/aromatic N) is 3. The molecule has 0 atom stereocenters. The summed E-state index contributed by atoms with van der Waals surface area (Å²) in [5.41, 5.74) is 4.78. The molecule has 1 N–H and O–H groups in total. The van der Waals surface area contributed by atoms with Crippen molar-refractivity contribution in [3.63, 3.8) is 0 Å². The molecule has 0 bridgehead atoms. The first-order valence-electron chi connectivity index (χ1n) is 9.60. The van der Waals surface area contributed by atoms with Gasteiger partial charge in [0, 0.05) is 18.3 Å². The van der Waals surface area contributed by atoms with Crippen molar-refractivity contribution >= 4 is 28.8 Å². The Hall–Kier alpha value is -3.42. The predicted molar refractivity (Wildman–Crippen MR) is 120 cm³/mol. The van der Waals surface area contributed by atoms with E-state index in [9.17, 15) is 4.79 Å². The topological polar surface area (TPSA) is 77.8 Å². The van der Waals surface area contributed by atoms with Crippen LogP contribution in [0.25, 0.3) is 16.8 Å². The third-order valence-corrected chi connectivity index (χ3v) is 5.22. The minimum Gasteiger partial charge on any atom is -0.495 e. The van der Waals surface area contributed by atoms with Gasteiger partial charge in [-0.2, -0.15) is 5.10 Å². The molecule has 4 aromatic rings. The summed E-state index contributed by atoms with van der Waals surface area (Å²) in [6.45, 7) is 2.14. The molecule has 0 aliphatic rings. The van der Waals surface area contributed by atoms with Crippen LogP contribution in [0.2, 0.25) is 5.02 Å². The van der Waals surface area contributed by atoms with Crippen LogP contribution >= 0.6 is 11.6 Å². The minimum atomic E-state index is -0.298. The number of fused-ring (bicyclic) bond motifs is 1. The van der Waals surface area contributed by atoms with E-state index in [1.165, 1.54) is 0 Å². The van der Waals surface area contributed by atoms with Crippen molar-refractivity contribution in [1.29, 1.82) is 0 Å². The Kier molecular flexibility index (Phi) is 5.88. The molecular weight excluding hydrogens is 416 g/mol. The first-order valence-corrected chi connectivity index (χ1v) is 9.97. The summed E-state index contributed by atoms with van der Waals surface area (Å²) in [5, 5.41) is 8.21. The maximum absolute atomic E-state index is 13.0. The van der Waals surface area contributed by atoms with Gasteiger partial charge < -0.3 is 14.8 Å². The van der Waals surface area contributed by atoms with Crippen LogP contribution in [0, 0.1) is 6.92 Å². The molecule has 2 aromatic heterocycles. The minimum absolute atomic E-state index is 0.298. The molecule has 4 rings (SSSR count). The molecule has 0 saturated carbocycles. The number of para-hydroxylation sites is 2. The second-order valence-electron chi connectivity index (χ2n) is 6.91. The molecule has 0 aliphatic heterocycles. The van der Waals surface area contributed by atoms with Gasteiger partial charge >= 0.3 is 0 Å². The fraction of sp³-hybridized carbons (Fsp3) is 0.174. The third kappa shape index (κ3) is 3.97. The van der Waals surface area contributed by atoms with Crippen molar-refractivity contribution in [2.75, 3.05) is 19.5 Å². The van der Waals surface area contributed by atoms with Crippen LogP contribution in [0.3, 0.4) is 0 Å². The van der Waals surface area contributed by atoms with Gasteiger partial charge in [-0.25, -0.2) is 9.50 Å². The van der Waals surface area contributed by atoms with Gasteiger partial charge in [0.25, 0.3) is 5.91 Å². The molecule has 0 fully saturated rings. The molecule has 7 nitrogen and oxygen atoms in total. The van der Waals surface area contributed by atoms with Crippen molar-refractivity contribution in [3.8, 4) is 16.9 Å². The van der Waals surface area contributed by atoms with Gasteiger partial charge in [-0.1, -0.05) is 35.9 Å². The van der Waals surface area contributed by atoms with Crippen molar-refractivity contribution < 1.29 is 14.3 Å². The van der Waals surface area contributed by atoms with Crippen LogP contribution in [0.5, 0.6) is 5.75 Å². The zero-order valence-electron chi connectivity index (χ0n) is 17.3. The summed E-state index contributed by atoms with van der Waals surface area (Å²) >= 11 is 6.05. The molecule has 1 amide bonds. The zero-order chi connectivity index (χ0) is 22.0. The number of anilines is 1. The molecule has 0 radical (unpaired) electrons. The number of carbonyl (C=O) groups excluding carboxylic acids is 1. The lowest BCUT2D eigenvalue weighted by Crippen LogP contribution is -2.16. The van der Waals surface area contributed by atoms with E-state index >= 15 is 0 Å². The molecular formula is C23H21ClN4O3. The van der Waals surface area contributed by atoms with Crippen LogP contribution in [-0.2, 0) is 11.3 Å². The number of benzene rings is 2. The molecule has 8 heteroatoms. The SMILES string of the molecule is COCc1nn2c(C)c(C(=O)Nc3ccccc3OC)cnc2c1-c1ccc(Cl)cc1. The number of nitrogens with one attached hydrogen (secondary N) is 1. The number of methoxy groups -OCH3 is 2. The largest absolute Gasteiger partial charge is 0.495 e. The monoisotopic (exact) mass is 436 g/mol. The Morgan fingerprint density at radius 3 is 2.58 bits per heavy atom. The van der Waals surface area contributed by atoms with Gasteiger partial charge in [0.05, 0.1) is 41.9 Å². The second kappa shape index (κ2) is 8.75. The number of ether oxygens (including phenoxy) is 2. The first-order chi connectivity index (χ1) is 15.0. The Bertz CT molecular complexity index is 1250. The summed E-state index contributed by atoms with van der Waals surface area (Å²) < 4.78 is 12.3. The van der Waals surface area contributed by atoms with Gasteiger partial charge in [0.2, 0.25) is 0 Å². The van der Waals surface area contributed by atoms with E-state index in [1.807, 2.05) is 43.3 Å². The van der Waals surface area contributed by atoms with Gasteiger partial charge in [0.1, 0.15) is 5.75 Å². The van der Waals surface area contributed by atoms with E-state index in [2.05, 4.69) is 15.4 Å². The number of aromatic nitrogens is 3. The van der Waals surface area contributed by atoms with Gasteiger partial charge in [-0.15, -0.1) is 0 Å². The first kappa shape index (κ1) is 20.8. The number of rotatable bonds is 6. The number of hydrogen-bond donors (Lipinski definition) is 1. The van der Waals surface area contributed by atoms with Gasteiger partial charge in [-0.3, -0.25) is 4.79 Å². The normalized spacial score (nSPS) is 11.0. The Balaban J connectivity index is 1.78. The highest BCUT2D eigenvalue weighted by molar-refractivity contribution is 6.30. The van der Waals surface area contributed by atoms with Crippen molar-refractivity contribution in [2.45, 2.75) is 13.5 Å². The lowest BCUT2D eigenvalue weighted by molar-refractivity contribution is 0.102. The Labute approximate surface area is 184 Å². The Morgan fingerprint density at radius 2 is 1.87 bits per heavy atom. The quantitative estimate of drug-likeness (QED) is 0.471. The molecule has 0 unspecified atom stereocenters. The number of hydrogen-bond acceptors (Lipinski definition) is 5. The molecule has 2 heterocycles. The summed E-state index contributed by atoms with van der Waals surface area (Å²) in [5.74, 6) is 0.280. The summed E-state index contributed by atoms with van der Waals surface area (Å²) in [4.78, 5) is 17.6. The molecule has 158 valence electrons. The zero-order valence-corrected chi connectivity index (χ0v) is 18.1. The summed E-state index contributed by atoms with van der Waals surface area (Å²) in [6, 6.07) is 14.7. The average Bonchev–Trinajstić information content (AvgIpc) is 3.14. The molecule has 0 saturated heterocycles. The lowest BCUT2D eigenvalue weighted by Gasteiger charge is -2.11. The van der Waals surface area contributed by atoms with Crippen LogP contribution < -0.4 is 10.1 Å². The number of carbonyl (C=O) groups is 1. The third-order valence-electron chi connectivity index (χ3n) is 4.97. The molecule has 31 heavy (non-hydrogen) atoms. The van der Waals surface area contributed by atoms with E-state index in [1.54, 1.807) is 37.1 Å². The smallest absolute Gasteiger partial charge is 0.259 e. The highest BCUT2D eigenvalue weighted by Gasteiger charge is 2.21. The highest BCUT2D eigenvalue weighted by atomic mass is 35.5. The average molecular weight is 437 g/mol. The molecule has 0 spiro atoms. The van der Waals surface area contributed by atoms with E-state index in [-0.39, 0.29) is 5.91 Å². The summed E-state index contributed by atoms with van der Waals surface area (Å²) in [6.07, 6.45) is 1.56. The van der Waals surface area contributed by atoms with E-state index in [0.29, 0.717) is 40.0 Å². The summed E-state index contributed by atoms with van der Waals surface area (Å²) in [7, 11) is 3.17. The standard InChI is InChI=1S/C23H21ClN4O3/c1-14-17(23(29)26-18-6-4-5-7-20(18)31-3)12-25-22-21(15-8-10-16(24)11-9-15)19(13-30-2)27-28(14)22/h4-12H,13H2,1-3H3,(H,26,29). The van der Waals surface area contributed by atoms with Crippen LogP contribution in [0.1, 0.15) is 21.7 Å². The maximum Gasteiger partial charge on any atom is 0.259 e. The van der Waals surface area contributed by atoms with Crippen molar-refractivity contribution in [3.05, 3.63) is 76.7 Å². The number of amides is 1. The Morgan fingerprint density at radius 1 is 1.13 bits per heavy atom. The van der Waals surface area contributed by atoms with E-state index in [0.717, 1.165) is 16.8 Å². The van der Waals surface area contributed by atoms with Crippen LogP contribution in [-0.4, -0.2) is 34.7 Å². The van der Waals surface area contributed by atoms with Crippen molar-refractivity contribution in [1.82, 2.24) is 14.6 Å². The number of halogens is 1. The lowest BCUT2D eigenvalue weighted by atomic mass is 10.1. The van der Waals surface area contributed by atoms with Gasteiger partial charge in [-0.05, 0) is 36.8 Å². The maximum atomic E-state index is 13.0. The highest BCUT2D eigenvalue weighted by Crippen LogP contribution is 2.30. The predicted octanol–water partition coefficient (Wildman–Crippen LogP) is 4.77. The van der Waals surface area contributed by atoms with Crippen molar-refractivity contribution in [2.24, 2.45) is 0 Å².